The minimum Gasteiger partial charge on any atom is -0.351 e. The molecule has 1 aromatic carbocycles. The molecule has 5 heteroatoms. The predicted octanol–water partition coefficient (Wildman–Crippen LogP) is 2.72. The van der Waals surface area contributed by atoms with Crippen LogP contribution in [0.4, 0.5) is 0 Å². The lowest BCUT2D eigenvalue weighted by molar-refractivity contribution is -0.134. The lowest BCUT2D eigenvalue weighted by Crippen LogP contribution is -2.57. The van der Waals surface area contributed by atoms with Crippen molar-refractivity contribution < 1.29 is 9.59 Å². The predicted molar refractivity (Wildman–Crippen MR) is 112 cm³/mol. The molecule has 3 rings (SSSR count). The summed E-state index contributed by atoms with van der Waals surface area (Å²) in [6, 6.07) is 10.7. The number of amides is 2. The van der Waals surface area contributed by atoms with Gasteiger partial charge in [0.1, 0.15) is 0 Å². The molecule has 28 heavy (non-hydrogen) atoms. The van der Waals surface area contributed by atoms with Crippen molar-refractivity contribution >= 4 is 11.8 Å². The Bertz CT molecular complexity index is 693. The molecule has 2 aliphatic heterocycles. The van der Waals surface area contributed by atoms with Gasteiger partial charge in [-0.1, -0.05) is 36.9 Å². The van der Waals surface area contributed by atoms with E-state index in [2.05, 4.69) is 30.6 Å². The van der Waals surface area contributed by atoms with E-state index in [0.717, 1.165) is 31.5 Å². The topological polar surface area (TPSA) is 52.7 Å². The fourth-order valence-electron chi connectivity index (χ4n) is 4.56. The number of carbonyl (C=O) groups is 2. The number of nitrogens with zero attached hydrogens (tertiary/aromatic N) is 2. The third kappa shape index (κ3) is 4.30. The van der Waals surface area contributed by atoms with Crippen molar-refractivity contribution in [2.75, 3.05) is 26.2 Å². The van der Waals surface area contributed by atoms with Gasteiger partial charge in [0.15, 0.2) is 0 Å². The number of benzene rings is 1. The van der Waals surface area contributed by atoms with E-state index >= 15 is 0 Å². The van der Waals surface area contributed by atoms with Crippen molar-refractivity contribution in [1.29, 1.82) is 0 Å². The van der Waals surface area contributed by atoms with Crippen LogP contribution in [0.3, 0.4) is 0 Å². The number of likely N-dealkylation sites (tertiary alicyclic amines) is 2. The number of rotatable bonds is 5. The first kappa shape index (κ1) is 20.6. The summed E-state index contributed by atoms with van der Waals surface area (Å²) in [5.74, 6) is 0.0573. The van der Waals surface area contributed by atoms with Crippen LogP contribution in [0.5, 0.6) is 0 Å². The minimum absolute atomic E-state index is 0.0538. The number of carbonyl (C=O) groups excluding carboxylic acids is 2. The van der Waals surface area contributed by atoms with Crippen molar-refractivity contribution in [1.82, 2.24) is 15.1 Å². The van der Waals surface area contributed by atoms with Crippen molar-refractivity contribution in [3.8, 4) is 0 Å². The third-order valence-corrected chi connectivity index (χ3v) is 6.38. The van der Waals surface area contributed by atoms with Gasteiger partial charge in [0.2, 0.25) is 11.8 Å². The molecule has 1 atom stereocenters. The monoisotopic (exact) mass is 383 g/mol. The molecule has 0 aliphatic carbocycles. The van der Waals surface area contributed by atoms with Gasteiger partial charge in [-0.15, -0.1) is 0 Å². The summed E-state index contributed by atoms with van der Waals surface area (Å²) >= 11 is 0. The SMILES string of the molecule is C=CC(=O)N1CCC(C(=O)NC2CCCN(C(C)C)C2)(c2ccccc2)CC1. The van der Waals surface area contributed by atoms with Crippen LogP contribution in [0.15, 0.2) is 43.0 Å². The van der Waals surface area contributed by atoms with E-state index in [0.29, 0.717) is 32.0 Å². The van der Waals surface area contributed by atoms with E-state index in [-0.39, 0.29) is 17.9 Å². The molecular formula is C23H33N3O2. The van der Waals surface area contributed by atoms with Gasteiger partial charge in [-0.05, 0) is 57.7 Å². The van der Waals surface area contributed by atoms with Crippen LogP contribution >= 0.6 is 0 Å². The van der Waals surface area contributed by atoms with Crippen LogP contribution in [0.25, 0.3) is 0 Å². The summed E-state index contributed by atoms with van der Waals surface area (Å²) < 4.78 is 0. The smallest absolute Gasteiger partial charge is 0.245 e. The number of hydrogen-bond donors (Lipinski definition) is 1. The average molecular weight is 384 g/mol. The molecule has 1 aromatic rings. The molecule has 2 heterocycles. The summed E-state index contributed by atoms with van der Waals surface area (Å²) in [4.78, 5) is 29.8. The highest BCUT2D eigenvalue weighted by Gasteiger charge is 2.44. The van der Waals surface area contributed by atoms with Crippen molar-refractivity contribution in [3.63, 3.8) is 0 Å². The van der Waals surface area contributed by atoms with Crippen LogP contribution in [-0.4, -0.2) is 59.9 Å². The zero-order chi connectivity index (χ0) is 20.1. The molecule has 152 valence electrons. The van der Waals surface area contributed by atoms with Gasteiger partial charge in [-0.2, -0.15) is 0 Å². The van der Waals surface area contributed by atoms with Gasteiger partial charge in [-0.25, -0.2) is 0 Å². The molecular weight excluding hydrogens is 350 g/mol. The highest BCUT2D eigenvalue weighted by Crippen LogP contribution is 2.36. The van der Waals surface area contributed by atoms with Crippen LogP contribution in [0.1, 0.15) is 45.1 Å². The highest BCUT2D eigenvalue weighted by atomic mass is 16.2. The van der Waals surface area contributed by atoms with Crippen LogP contribution in [0, 0.1) is 0 Å². The molecule has 5 nitrogen and oxygen atoms in total. The Morgan fingerprint density at radius 1 is 1.18 bits per heavy atom. The van der Waals surface area contributed by atoms with E-state index < -0.39 is 5.41 Å². The average Bonchev–Trinajstić information content (AvgIpc) is 2.74. The molecule has 0 aromatic heterocycles. The van der Waals surface area contributed by atoms with Gasteiger partial charge in [0, 0.05) is 31.7 Å². The maximum absolute atomic E-state index is 13.6. The maximum Gasteiger partial charge on any atom is 0.245 e. The van der Waals surface area contributed by atoms with Gasteiger partial charge in [0.05, 0.1) is 5.41 Å². The molecule has 0 bridgehead atoms. The normalized spacial score (nSPS) is 22.7. The zero-order valence-corrected chi connectivity index (χ0v) is 17.2. The first-order chi connectivity index (χ1) is 13.5. The maximum atomic E-state index is 13.6. The fourth-order valence-corrected chi connectivity index (χ4v) is 4.56. The van der Waals surface area contributed by atoms with E-state index in [4.69, 9.17) is 0 Å². The standard InChI is InChI=1S/C23H33N3O2/c1-4-21(27)25-15-12-23(13-16-25,19-9-6-5-7-10-19)22(28)24-20-11-8-14-26(17-20)18(2)3/h4-7,9-10,18,20H,1,8,11-17H2,2-3H3,(H,24,28). The summed E-state index contributed by atoms with van der Waals surface area (Å²) in [6.45, 7) is 11.2. The lowest BCUT2D eigenvalue weighted by atomic mass is 9.71. The van der Waals surface area contributed by atoms with Crippen molar-refractivity contribution in [2.24, 2.45) is 0 Å². The zero-order valence-electron chi connectivity index (χ0n) is 17.2. The summed E-state index contributed by atoms with van der Waals surface area (Å²) in [5.41, 5.74) is 0.481. The van der Waals surface area contributed by atoms with Gasteiger partial charge < -0.3 is 10.2 Å². The Labute approximate surface area is 168 Å². The van der Waals surface area contributed by atoms with Gasteiger partial charge in [-0.3, -0.25) is 14.5 Å². The molecule has 0 saturated carbocycles. The lowest BCUT2D eigenvalue weighted by Gasteiger charge is -2.43. The van der Waals surface area contributed by atoms with Crippen LogP contribution in [0.2, 0.25) is 0 Å². The van der Waals surface area contributed by atoms with Crippen LogP contribution in [-0.2, 0) is 15.0 Å². The highest BCUT2D eigenvalue weighted by molar-refractivity contribution is 5.90. The van der Waals surface area contributed by atoms with Gasteiger partial charge in [0.25, 0.3) is 0 Å². The minimum atomic E-state index is -0.570. The van der Waals surface area contributed by atoms with E-state index in [1.807, 2.05) is 30.3 Å². The summed E-state index contributed by atoms with van der Waals surface area (Å²) in [6.07, 6.45) is 4.79. The molecule has 0 spiro atoms. The van der Waals surface area contributed by atoms with Crippen LogP contribution < -0.4 is 5.32 Å². The second-order valence-corrected chi connectivity index (χ2v) is 8.38. The fraction of sp³-hybridized carbons (Fsp3) is 0.565. The second-order valence-electron chi connectivity index (χ2n) is 8.38. The first-order valence-corrected chi connectivity index (χ1v) is 10.5. The third-order valence-electron chi connectivity index (χ3n) is 6.38. The molecule has 2 saturated heterocycles. The quantitative estimate of drug-likeness (QED) is 0.796. The number of nitrogens with one attached hydrogen (secondary N) is 1. The first-order valence-electron chi connectivity index (χ1n) is 10.5. The van der Waals surface area contributed by atoms with Crippen molar-refractivity contribution in [3.05, 3.63) is 48.6 Å². The van der Waals surface area contributed by atoms with E-state index in [1.54, 1.807) is 4.90 Å². The molecule has 0 radical (unpaired) electrons. The summed E-state index contributed by atoms with van der Waals surface area (Å²) in [7, 11) is 0. The summed E-state index contributed by atoms with van der Waals surface area (Å²) in [5, 5.41) is 3.37. The van der Waals surface area contributed by atoms with E-state index in [1.165, 1.54) is 6.08 Å². The largest absolute Gasteiger partial charge is 0.351 e. The molecule has 2 amide bonds. The van der Waals surface area contributed by atoms with E-state index in [9.17, 15) is 9.59 Å². The molecule has 1 N–H and O–H groups in total. The Morgan fingerprint density at radius 3 is 2.46 bits per heavy atom. The number of hydrogen-bond acceptors (Lipinski definition) is 3. The Hall–Kier alpha value is -2.14. The van der Waals surface area contributed by atoms with Gasteiger partial charge >= 0.3 is 0 Å². The molecule has 2 fully saturated rings. The second kappa shape index (κ2) is 8.91. The Kier molecular flexibility index (Phi) is 6.55. The molecule has 2 aliphatic rings. The number of piperidine rings is 2. The molecule has 1 unspecified atom stereocenters. The van der Waals surface area contributed by atoms with Crippen molar-refractivity contribution in [2.45, 2.75) is 57.0 Å². The Balaban J connectivity index is 1.77. The Morgan fingerprint density at radius 2 is 1.86 bits per heavy atom.